The van der Waals surface area contributed by atoms with Gasteiger partial charge in [-0.15, -0.1) is 0 Å². The number of hydrogen-bond acceptors (Lipinski definition) is 5. The van der Waals surface area contributed by atoms with Gasteiger partial charge in [0.1, 0.15) is 4.32 Å². The minimum Gasteiger partial charge on any atom is -0.504 e. The number of aromatic hydroxyl groups is 1. The molecule has 0 aromatic heterocycles. The van der Waals surface area contributed by atoms with Crippen molar-refractivity contribution in [1.82, 2.24) is 4.90 Å². The molecule has 0 atom stereocenters. The number of nitrogens with zero attached hydrogens (tertiary/aromatic N) is 1. The van der Waals surface area contributed by atoms with Crippen LogP contribution in [0.2, 0.25) is 0 Å². The molecule has 2 rings (SSSR count). The molecular weight excluding hydrogens is 282 g/mol. The number of carbonyl (C=O) groups is 1. The number of phenols is 1. The van der Waals surface area contributed by atoms with Gasteiger partial charge in [0.2, 0.25) is 0 Å². The highest BCUT2D eigenvalue weighted by Gasteiger charge is 2.28. The largest absolute Gasteiger partial charge is 0.504 e. The number of amides is 1. The van der Waals surface area contributed by atoms with Gasteiger partial charge in [-0.25, -0.2) is 0 Å². The van der Waals surface area contributed by atoms with Crippen molar-refractivity contribution in [3.63, 3.8) is 0 Å². The molecule has 0 aliphatic carbocycles. The second-order valence-electron chi connectivity index (χ2n) is 3.90. The van der Waals surface area contributed by atoms with Crippen molar-refractivity contribution >= 4 is 40.3 Å². The third-order valence-electron chi connectivity index (χ3n) is 2.57. The first kappa shape index (κ1) is 13.9. The summed E-state index contributed by atoms with van der Waals surface area (Å²) in [6.45, 7) is 2.31. The van der Waals surface area contributed by atoms with E-state index in [1.807, 2.05) is 6.92 Å². The fourth-order valence-electron chi connectivity index (χ4n) is 1.59. The maximum Gasteiger partial charge on any atom is 0.265 e. The quantitative estimate of drug-likeness (QED) is 0.686. The van der Waals surface area contributed by atoms with E-state index in [1.54, 1.807) is 31.3 Å². The first-order chi connectivity index (χ1) is 9.02. The maximum absolute atomic E-state index is 11.9. The summed E-state index contributed by atoms with van der Waals surface area (Å²) < 4.78 is 5.85. The van der Waals surface area contributed by atoms with Crippen LogP contribution < -0.4 is 4.74 Å². The molecule has 1 saturated heterocycles. The molecule has 0 spiro atoms. The first-order valence-electron chi connectivity index (χ1n) is 5.70. The number of rotatable bonds is 3. The Morgan fingerprint density at radius 1 is 1.53 bits per heavy atom. The van der Waals surface area contributed by atoms with E-state index in [2.05, 4.69) is 0 Å². The van der Waals surface area contributed by atoms with Crippen LogP contribution in [0.25, 0.3) is 6.08 Å². The van der Waals surface area contributed by atoms with E-state index in [-0.39, 0.29) is 11.7 Å². The van der Waals surface area contributed by atoms with Gasteiger partial charge in [-0.1, -0.05) is 30.0 Å². The monoisotopic (exact) mass is 295 g/mol. The van der Waals surface area contributed by atoms with Gasteiger partial charge >= 0.3 is 0 Å². The van der Waals surface area contributed by atoms with Crippen LogP contribution in [0.4, 0.5) is 0 Å². The van der Waals surface area contributed by atoms with E-state index in [4.69, 9.17) is 17.0 Å². The Kier molecular flexibility index (Phi) is 4.11. The fraction of sp³-hybridized carbons (Fsp3) is 0.231. The molecule has 0 bridgehead atoms. The standard InChI is InChI=1S/C13H13NO3S2/c1-3-17-10-6-8(4-5-9(10)15)7-11-12(16)14(2)13(18)19-11/h4-7,15H,3H2,1-2H3/b11-7+. The van der Waals surface area contributed by atoms with Gasteiger partial charge in [0, 0.05) is 7.05 Å². The van der Waals surface area contributed by atoms with Crippen LogP contribution in [0.15, 0.2) is 23.1 Å². The Labute approximate surface area is 121 Å². The lowest BCUT2D eigenvalue weighted by atomic mass is 10.2. The highest BCUT2D eigenvalue weighted by molar-refractivity contribution is 8.26. The third kappa shape index (κ3) is 2.90. The lowest BCUT2D eigenvalue weighted by Crippen LogP contribution is -2.22. The normalized spacial score (nSPS) is 17.4. The van der Waals surface area contributed by atoms with Crippen molar-refractivity contribution in [3.05, 3.63) is 28.7 Å². The molecule has 1 aromatic carbocycles. The SMILES string of the molecule is CCOc1cc(/C=C2/SC(=S)N(C)C2=O)ccc1O. The second-order valence-corrected chi connectivity index (χ2v) is 5.58. The van der Waals surface area contributed by atoms with Gasteiger partial charge in [-0.05, 0) is 30.7 Å². The number of likely N-dealkylation sites (N-methyl/N-ethyl adjacent to an activating group) is 1. The topological polar surface area (TPSA) is 49.8 Å². The van der Waals surface area contributed by atoms with E-state index < -0.39 is 0 Å². The summed E-state index contributed by atoms with van der Waals surface area (Å²) in [5, 5.41) is 9.62. The van der Waals surface area contributed by atoms with Gasteiger partial charge in [0.25, 0.3) is 5.91 Å². The summed E-state index contributed by atoms with van der Waals surface area (Å²) >= 11 is 6.33. The maximum atomic E-state index is 11.9. The Morgan fingerprint density at radius 3 is 2.84 bits per heavy atom. The Bertz CT molecular complexity index is 569. The van der Waals surface area contributed by atoms with E-state index in [1.165, 1.54) is 16.7 Å². The van der Waals surface area contributed by atoms with Gasteiger partial charge in [-0.2, -0.15) is 0 Å². The van der Waals surface area contributed by atoms with Crippen LogP contribution in [-0.4, -0.2) is 33.9 Å². The molecule has 1 aromatic rings. The summed E-state index contributed by atoms with van der Waals surface area (Å²) in [5.41, 5.74) is 0.787. The predicted molar refractivity (Wildman–Crippen MR) is 80.2 cm³/mol. The summed E-state index contributed by atoms with van der Waals surface area (Å²) in [6.07, 6.45) is 1.74. The molecule has 0 unspecified atom stereocenters. The predicted octanol–water partition coefficient (Wildman–Crippen LogP) is 2.62. The number of thioether (sulfide) groups is 1. The van der Waals surface area contributed by atoms with Crippen LogP contribution in [0.5, 0.6) is 11.5 Å². The number of phenolic OH excluding ortho intramolecular Hbond substituents is 1. The van der Waals surface area contributed by atoms with Crippen LogP contribution in [-0.2, 0) is 4.79 Å². The molecular formula is C13H13NO3S2. The molecule has 1 aliphatic rings. The van der Waals surface area contributed by atoms with Crippen LogP contribution in [0.1, 0.15) is 12.5 Å². The third-order valence-corrected chi connectivity index (χ3v) is 4.05. The highest BCUT2D eigenvalue weighted by Crippen LogP contribution is 2.33. The van der Waals surface area contributed by atoms with Crippen LogP contribution in [0.3, 0.4) is 0 Å². The smallest absolute Gasteiger partial charge is 0.265 e. The van der Waals surface area contributed by atoms with Gasteiger partial charge in [0.15, 0.2) is 11.5 Å². The zero-order chi connectivity index (χ0) is 14.0. The number of hydrogen-bond donors (Lipinski definition) is 1. The molecule has 0 radical (unpaired) electrons. The molecule has 4 nitrogen and oxygen atoms in total. The molecule has 1 aliphatic heterocycles. The molecule has 0 saturated carbocycles. The zero-order valence-corrected chi connectivity index (χ0v) is 12.2. The Hall–Kier alpha value is -1.53. The Balaban J connectivity index is 2.31. The fourth-order valence-corrected chi connectivity index (χ4v) is 2.77. The van der Waals surface area contributed by atoms with Crippen LogP contribution in [0, 0.1) is 0 Å². The summed E-state index contributed by atoms with van der Waals surface area (Å²) in [7, 11) is 1.65. The summed E-state index contributed by atoms with van der Waals surface area (Å²) in [6, 6.07) is 4.96. The molecule has 6 heteroatoms. The molecule has 19 heavy (non-hydrogen) atoms. The molecule has 1 N–H and O–H groups in total. The minimum absolute atomic E-state index is 0.0852. The number of ether oxygens (including phenoxy) is 1. The van der Waals surface area contributed by atoms with Gasteiger partial charge in [-0.3, -0.25) is 9.69 Å². The highest BCUT2D eigenvalue weighted by atomic mass is 32.2. The van der Waals surface area contributed by atoms with Crippen molar-refractivity contribution in [2.75, 3.05) is 13.7 Å². The molecule has 1 heterocycles. The van der Waals surface area contributed by atoms with Gasteiger partial charge < -0.3 is 9.84 Å². The average Bonchev–Trinajstić information content (AvgIpc) is 2.62. The van der Waals surface area contributed by atoms with Crippen molar-refractivity contribution in [2.45, 2.75) is 6.92 Å². The number of benzene rings is 1. The van der Waals surface area contributed by atoms with Crippen molar-refractivity contribution < 1.29 is 14.6 Å². The second kappa shape index (κ2) is 5.63. The molecule has 1 amide bonds. The lowest BCUT2D eigenvalue weighted by molar-refractivity contribution is -0.121. The van der Waals surface area contributed by atoms with Gasteiger partial charge in [0.05, 0.1) is 11.5 Å². The van der Waals surface area contributed by atoms with Crippen LogP contribution >= 0.6 is 24.0 Å². The molecule has 100 valence electrons. The lowest BCUT2D eigenvalue weighted by Gasteiger charge is -2.06. The average molecular weight is 295 g/mol. The summed E-state index contributed by atoms with van der Waals surface area (Å²) in [5.74, 6) is 0.381. The van der Waals surface area contributed by atoms with Crippen molar-refractivity contribution in [1.29, 1.82) is 0 Å². The number of thiocarbonyl (C=S) groups is 1. The number of carbonyl (C=O) groups excluding carboxylic acids is 1. The van der Waals surface area contributed by atoms with E-state index in [0.717, 1.165) is 5.56 Å². The zero-order valence-electron chi connectivity index (χ0n) is 10.5. The van der Waals surface area contributed by atoms with Crippen molar-refractivity contribution in [2.24, 2.45) is 0 Å². The first-order valence-corrected chi connectivity index (χ1v) is 6.92. The van der Waals surface area contributed by atoms with E-state index >= 15 is 0 Å². The van der Waals surface area contributed by atoms with E-state index in [0.29, 0.717) is 21.6 Å². The van der Waals surface area contributed by atoms with Crippen molar-refractivity contribution in [3.8, 4) is 11.5 Å². The Morgan fingerprint density at radius 2 is 2.26 bits per heavy atom. The minimum atomic E-state index is -0.110. The molecule has 1 fully saturated rings. The van der Waals surface area contributed by atoms with E-state index in [9.17, 15) is 9.90 Å². The summed E-state index contributed by atoms with van der Waals surface area (Å²) in [4.78, 5) is 13.9.